The predicted octanol–water partition coefficient (Wildman–Crippen LogP) is 4.16. The average Bonchev–Trinajstić information content (AvgIpc) is 3.57. The summed E-state index contributed by atoms with van der Waals surface area (Å²) in [5, 5.41) is 0. The highest BCUT2D eigenvalue weighted by molar-refractivity contribution is 5.79. The SMILES string of the molecule is O=C(C1CCN(Cc2ccoc2)CC1)N1CCC(n2c(-c3ccccn3)nc3cccnc32)CC1. The number of aromatic nitrogens is 4. The van der Waals surface area contributed by atoms with Crippen LogP contribution in [0.3, 0.4) is 0 Å². The van der Waals surface area contributed by atoms with Gasteiger partial charge in [0.2, 0.25) is 5.91 Å². The zero-order chi connectivity index (χ0) is 23.6. The first kappa shape index (κ1) is 22.0. The lowest BCUT2D eigenvalue weighted by molar-refractivity contribution is -0.138. The Bertz CT molecular complexity index is 1270. The van der Waals surface area contributed by atoms with Crippen molar-refractivity contribution in [2.75, 3.05) is 26.2 Å². The van der Waals surface area contributed by atoms with Gasteiger partial charge in [0.25, 0.3) is 0 Å². The fraction of sp³-hybridized carbons (Fsp3) is 0.407. The molecule has 0 spiro atoms. The molecular weight excluding hydrogens is 440 g/mol. The number of carbonyl (C=O) groups excluding carboxylic acids is 1. The van der Waals surface area contributed by atoms with Crippen molar-refractivity contribution in [3.63, 3.8) is 0 Å². The second-order valence-corrected chi connectivity index (χ2v) is 9.61. The molecule has 1 amide bonds. The number of imidazole rings is 1. The molecule has 2 aliphatic heterocycles. The molecular formula is C27H30N6O2. The van der Waals surface area contributed by atoms with Crippen molar-refractivity contribution in [3.05, 3.63) is 66.9 Å². The highest BCUT2D eigenvalue weighted by Gasteiger charge is 2.32. The van der Waals surface area contributed by atoms with Crippen molar-refractivity contribution in [2.24, 2.45) is 5.92 Å². The number of piperidine rings is 2. The Kier molecular flexibility index (Phi) is 6.04. The lowest BCUT2D eigenvalue weighted by atomic mass is 9.93. The Labute approximate surface area is 204 Å². The zero-order valence-corrected chi connectivity index (χ0v) is 19.8. The molecule has 35 heavy (non-hydrogen) atoms. The van der Waals surface area contributed by atoms with E-state index < -0.39 is 0 Å². The van der Waals surface area contributed by atoms with Gasteiger partial charge in [-0.05, 0) is 69.1 Å². The molecule has 2 fully saturated rings. The molecule has 8 nitrogen and oxygen atoms in total. The highest BCUT2D eigenvalue weighted by atomic mass is 16.3. The molecule has 0 atom stereocenters. The number of rotatable bonds is 5. The monoisotopic (exact) mass is 470 g/mol. The van der Waals surface area contributed by atoms with Crippen LogP contribution < -0.4 is 0 Å². The first-order chi connectivity index (χ1) is 17.3. The Morgan fingerprint density at radius 1 is 0.943 bits per heavy atom. The summed E-state index contributed by atoms with van der Waals surface area (Å²) in [6, 6.07) is 12.1. The molecule has 0 unspecified atom stereocenters. The number of nitrogens with zero attached hydrogens (tertiary/aromatic N) is 6. The second-order valence-electron chi connectivity index (χ2n) is 9.61. The van der Waals surface area contributed by atoms with Crippen LogP contribution in [0.25, 0.3) is 22.7 Å². The maximum Gasteiger partial charge on any atom is 0.225 e. The average molecular weight is 471 g/mol. The molecule has 8 heteroatoms. The second kappa shape index (κ2) is 9.62. The van der Waals surface area contributed by atoms with E-state index in [-0.39, 0.29) is 12.0 Å². The minimum absolute atomic E-state index is 0.131. The minimum Gasteiger partial charge on any atom is -0.472 e. The molecule has 0 bridgehead atoms. The molecule has 0 radical (unpaired) electrons. The van der Waals surface area contributed by atoms with Gasteiger partial charge in [-0.2, -0.15) is 0 Å². The molecule has 0 aromatic carbocycles. The van der Waals surface area contributed by atoms with Gasteiger partial charge >= 0.3 is 0 Å². The quantitative estimate of drug-likeness (QED) is 0.436. The predicted molar refractivity (Wildman–Crippen MR) is 132 cm³/mol. The number of amides is 1. The fourth-order valence-electron chi connectivity index (χ4n) is 5.53. The van der Waals surface area contributed by atoms with Crippen LogP contribution >= 0.6 is 0 Å². The standard InChI is InChI=1S/C27H30N6O2/c34-27(21-6-13-31(14-7-21)18-20-10-17-35-19-20)32-15-8-22(9-16-32)33-25-24(5-3-12-29-25)30-26(33)23-4-1-2-11-28-23/h1-5,10-12,17,19,21-22H,6-9,13-16,18H2. The van der Waals surface area contributed by atoms with Crippen LogP contribution in [0.15, 0.2) is 65.7 Å². The van der Waals surface area contributed by atoms with E-state index in [1.165, 1.54) is 5.56 Å². The van der Waals surface area contributed by atoms with Crippen LogP contribution in [0.1, 0.15) is 37.3 Å². The molecule has 0 aliphatic carbocycles. The van der Waals surface area contributed by atoms with Gasteiger partial charge in [0.05, 0.1) is 12.5 Å². The number of carbonyl (C=O) groups is 1. The van der Waals surface area contributed by atoms with Gasteiger partial charge in [0.1, 0.15) is 11.2 Å². The third kappa shape index (κ3) is 4.46. The summed E-state index contributed by atoms with van der Waals surface area (Å²) in [5.41, 5.74) is 3.83. The number of likely N-dealkylation sites (tertiary alicyclic amines) is 2. The first-order valence-corrected chi connectivity index (χ1v) is 12.5. The van der Waals surface area contributed by atoms with Crippen molar-refractivity contribution < 1.29 is 9.21 Å². The maximum absolute atomic E-state index is 13.3. The van der Waals surface area contributed by atoms with Gasteiger partial charge in [-0.25, -0.2) is 9.97 Å². The summed E-state index contributed by atoms with van der Waals surface area (Å²) < 4.78 is 7.43. The summed E-state index contributed by atoms with van der Waals surface area (Å²) in [6.07, 6.45) is 10.8. The third-order valence-electron chi connectivity index (χ3n) is 7.41. The van der Waals surface area contributed by atoms with E-state index in [0.717, 1.165) is 81.1 Å². The summed E-state index contributed by atoms with van der Waals surface area (Å²) in [6.45, 7) is 4.35. The number of hydrogen-bond acceptors (Lipinski definition) is 6. The lowest BCUT2D eigenvalue weighted by Gasteiger charge is -2.37. The molecule has 4 aromatic rings. The van der Waals surface area contributed by atoms with Crippen LogP contribution in [0.5, 0.6) is 0 Å². The highest BCUT2D eigenvalue weighted by Crippen LogP contribution is 2.33. The van der Waals surface area contributed by atoms with Crippen LogP contribution in [0, 0.1) is 5.92 Å². The van der Waals surface area contributed by atoms with Gasteiger partial charge in [-0.1, -0.05) is 6.07 Å². The Hall–Kier alpha value is -3.52. The van der Waals surface area contributed by atoms with E-state index >= 15 is 0 Å². The van der Waals surface area contributed by atoms with E-state index in [0.29, 0.717) is 5.91 Å². The molecule has 4 aromatic heterocycles. The maximum atomic E-state index is 13.3. The summed E-state index contributed by atoms with van der Waals surface area (Å²) >= 11 is 0. The zero-order valence-electron chi connectivity index (χ0n) is 19.8. The van der Waals surface area contributed by atoms with Gasteiger partial charge in [-0.15, -0.1) is 0 Å². The molecule has 0 N–H and O–H groups in total. The van der Waals surface area contributed by atoms with Crippen LogP contribution in [0.4, 0.5) is 0 Å². The van der Waals surface area contributed by atoms with E-state index in [1.807, 2.05) is 42.6 Å². The van der Waals surface area contributed by atoms with Crippen molar-refractivity contribution >= 4 is 17.1 Å². The van der Waals surface area contributed by atoms with Gasteiger partial charge in [0.15, 0.2) is 11.5 Å². The van der Waals surface area contributed by atoms with E-state index in [1.54, 1.807) is 18.7 Å². The number of hydrogen-bond donors (Lipinski definition) is 0. The Morgan fingerprint density at radius 3 is 2.51 bits per heavy atom. The third-order valence-corrected chi connectivity index (χ3v) is 7.41. The molecule has 0 saturated carbocycles. The van der Waals surface area contributed by atoms with Crippen molar-refractivity contribution in [3.8, 4) is 11.5 Å². The van der Waals surface area contributed by atoms with Crippen LogP contribution in [0.2, 0.25) is 0 Å². The van der Waals surface area contributed by atoms with E-state index in [2.05, 4.69) is 24.3 Å². The van der Waals surface area contributed by atoms with Gasteiger partial charge in [-0.3, -0.25) is 14.7 Å². The smallest absolute Gasteiger partial charge is 0.225 e. The topological polar surface area (TPSA) is 80.3 Å². The molecule has 2 aliphatic rings. The summed E-state index contributed by atoms with van der Waals surface area (Å²) in [5.74, 6) is 1.31. The van der Waals surface area contributed by atoms with Crippen molar-refractivity contribution in [1.82, 2.24) is 29.3 Å². The largest absolute Gasteiger partial charge is 0.472 e. The lowest BCUT2D eigenvalue weighted by Crippen LogP contribution is -2.45. The van der Waals surface area contributed by atoms with Crippen LogP contribution in [-0.4, -0.2) is 61.4 Å². The van der Waals surface area contributed by atoms with Crippen molar-refractivity contribution in [1.29, 1.82) is 0 Å². The van der Waals surface area contributed by atoms with E-state index in [9.17, 15) is 4.79 Å². The van der Waals surface area contributed by atoms with E-state index in [4.69, 9.17) is 9.40 Å². The number of fused-ring (bicyclic) bond motifs is 1. The van der Waals surface area contributed by atoms with Crippen LogP contribution in [-0.2, 0) is 11.3 Å². The van der Waals surface area contributed by atoms with Crippen molar-refractivity contribution in [2.45, 2.75) is 38.3 Å². The molecule has 6 heterocycles. The number of furan rings is 1. The first-order valence-electron chi connectivity index (χ1n) is 12.5. The normalized spacial score (nSPS) is 18.3. The Balaban J connectivity index is 1.12. The summed E-state index contributed by atoms with van der Waals surface area (Å²) in [7, 11) is 0. The molecule has 180 valence electrons. The molecule has 6 rings (SSSR count). The fourth-order valence-corrected chi connectivity index (χ4v) is 5.53. The minimum atomic E-state index is 0.131. The molecule has 2 saturated heterocycles. The Morgan fingerprint density at radius 2 is 1.77 bits per heavy atom. The summed E-state index contributed by atoms with van der Waals surface area (Å²) in [4.78, 5) is 31.9. The van der Waals surface area contributed by atoms with Gasteiger partial charge < -0.3 is 13.9 Å². The van der Waals surface area contributed by atoms with Gasteiger partial charge in [0, 0.05) is 49.6 Å². The number of pyridine rings is 2.